The van der Waals surface area contributed by atoms with Crippen molar-refractivity contribution in [1.82, 2.24) is 4.90 Å². The van der Waals surface area contributed by atoms with E-state index in [1.807, 2.05) is 43.0 Å². The molecule has 0 heterocycles. The molecule has 1 atom stereocenters. The number of aryl methyl sites for hydroxylation is 1. The molecule has 0 radical (unpaired) electrons. The second-order valence-electron chi connectivity index (χ2n) is 6.37. The van der Waals surface area contributed by atoms with Gasteiger partial charge in [0.05, 0.1) is 19.7 Å². The minimum absolute atomic E-state index is 0.130. The zero-order chi connectivity index (χ0) is 19.8. The lowest BCUT2D eigenvalue weighted by Crippen LogP contribution is -2.45. The van der Waals surface area contributed by atoms with E-state index in [-0.39, 0.29) is 18.4 Å². The van der Waals surface area contributed by atoms with Crippen LogP contribution < -0.4 is 15.4 Å². The fraction of sp³-hybridized carbons (Fsp3) is 0.333. The van der Waals surface area contributed by atoms with Gasteiger partial charge in [0, 0.05) is 11.4 Å². The van der Waals surface area contributed by atoms with Crippen molar-refractivity contribution in [2.75, 3.05) is 30.8 Å². The molecule has 0 aliphatic rings. The number of rotatable bonds is 8. The van der Waals surface area contributed by atoms with Gasteiger partial charge in [-0.05, 0) is 56.8 Å². The van der Waals surface area contributed by atoms with E-state index in [1.165, 1.54) is 0 Å². The van der Waals surface area contributed by atoms with E-state index >= 15 is 0 Å². The van der Waals surface area contributed by atoms with Gasteiger partial charge in [-0.15, -0.1) is 0 Å². The van der Waals surface area contributed by atoms with E-state index in [2.05, 4.69) is 10.6 Å². The van der Waals surface area contributed by atoms with Gasteiger partial charge in [0.2, 0.25) is 11.8 Å². The standard InChI is InChI=1S/C21H27N3O3/c1-5-24(14-20(25)22-17-10-12-19(27-4)13-11-17)16(3)21(26)23-18-8-6-15(2)7-9-18/h6-13,16H,5,14H2,1-4H3,(H,22,25)(H,23,26). The van der Waals surface area contributed by atoms with Gasteiger partial charge in [-0.25, -0.2) is 0 Å². The predicted octanol–water partition coefficient (Wildman–Crippen LogP) is 3.29. The molecule has 0 aliphatic carbocycles. The van der Waals surface area contributed by atoms with E-state index in [1.54, 1.807) is 38.3 Å². The van der Waals surface area contributed by atoms with Crippen molar-refractivity contribution >= 4 is 23.2 Å². The maximum absolute atomic E-state index is 12.5. The summed E-state index contributed by atoms with van der Waals surface area (Å²) in [6, 6.07) is 14.3. The van der Waals surface area contributed by atoms with Crippen LogP contribution >= 0.6 is 0 Å². The molecule has 2 amide bonds. The van der Waals surface area contributed by atoms with Crippen LogP contribution in [0.25, 0.3) is 0 Å². The topological polar surface area (TPSA) is 70.7 Å². The fourth-order valence-electron chi connectivity index (χ4n) is 2.63. The Labute approximate surface area is 160 Å². The molecule has 0 bridgehead atoms. The van der Waals surface area contributed by atoms with E-state index in [0.717, 1.165) is 17.0 Å². The number of hydrogen-bond donors (Lipinski definition) is 2. The molecule has 1 unspecified atom stereocenters. The first-order valence-corrected chi connectivity index (χ1v) is 8.98. The number of nitrogens with one attached hydrogen (secondary N) is 2. The lowest BCUT2D eigenvalue weighted by Gasteiger charge is -2.26. The highest BCUT2D eigenvalue weighted by atomic mass is 16.5. The van der Waals surface area contributed by atoms with Crippen LogP contribution in [-0.4, -0.2) is 43.0 Å². The van der Waals surface area contributed by atoms with Crippen LogP contribution in [0.5, 0.6) is 5.75 Å². The predicted molar refractivity (Wildman–Crippen MR) is 108 cm³/mol. The SMILES string of the molecule is CCN(CC(=O)Nc1ccc(OC)cc1)C(C)C(=O)Nc1ccc(C)cc1. The number of benzene rings is 2. The summed E-state index contributed by atoms with van der Waals surface area (Å²) >= 11 is 0. The molecule has 6 heteroatoms. The second kappa shape index (κ2) is 9.73. The molecule has 2 rings (SSSR count). The van der Waals surface area contributed by atoms with Crippen LogP contribution in [0.1, 0.15) is 19.4 Å². The van der Waals surface area contributed by atoms with Crippen molar-refractivity contribution in [2.45, 2.75) is 26.8 Å². The Kier molecular flexibility index (Phi) is 7.37. The Morgan fingerprint density at radius 1 is 1.00 bits per heavy atom. The maximum atomic E-state index is 12.5. The van der Waals surface area contributed by atoms with Crippen LogP contribution in [0.3, 0.4) is 0 Å². The average molecular weight is 369 g/mol. The van der Waals surface area contributed by atoms with Crippen LogP contribution in [0, 0.1) is 6.92 Å². The zero-order valence-electron chi connectivity index (χ0n) is 16.3. The Bertz CT molecular complexity index is 757. The molecule has 0 saturated carbocycles. The Balaban J connectivity index is 1.92. The van der Waals surface area contributed by atoms with Crippen molar-refractivity contribution in [1.29, 1.82) is 0 Å². The van der Waals surface area contributed by atoms with Crippen molar-refractivity contribution < 1.29 is 14.3 Å². The smallest absolute Gasteiger partial charge is 0.241 e. The minimum Gasteiger partial charge on any atom is -0.497 e. The first kappa shape index (κ1) is 20.5. The van der Waals surface area contributed by atoms with Gasteiger partial charge in [0.25, 0.3) is 0 Å². The summed E-state index contributed by atoms with van der Waals surface area (Å²) in [7, 11) is 1.59. The molecule has 6 nitrogen and oxygen atoms in total. The molecule has 2 aromatic rings. The summed E-state index contributed by atoms with van der Waals surface area (Å²) in [5, 5.41) is 5.73. The third kappa shape index (κ3) is 6.11. The number of hydrogen-bond acceptors (Lipinski definition) is 4. The highest BCUT2D eigenvalue weighted by molar-refractivity contribution is 5.96. The average Bonchev–Trinajstić information content (AvgIpc) is 2.68. The largest absolute Gasteiger partial charge is 0.497 e. The summed E-state index contributed by atoms with van der Waals surface area (Å²) in [5.41, 5.74) is 2.57. The Morgan fingerprint density at radius 3 is 2.11 bits per heavy atom. The normalized spacial score (nSPS) is 11.7. The number of likely N-dealkylation sites (N-methyl/N-ethyl adjacent to an activating group) is 1. The van der Waals surface area contributed by atoms with Gasteiger partial charge >= 0.3 is 0 Å². The summed E-state index contributed by atoms with van der Waals surface area (Å²) in [6.07, 6.45) is 0. The Morgan fingerprint density at radius 2 is 1.56 bits per heavy atom. The Hall–Kier alpha value is -2.86. The number of carbonyl (C=O) groups is 2. The van der Waals surface area contributed by atoms with Crippen molar-refractivity contribution in [3.8, 4) is 5.75 Å². The van der Waals surface area contributed by atoms with Gasteiger partial charge in [-0.1, -0.05) is 24.6 Å². The third-order valence-corrected chi connectivity index (χ3v) is 4.37. The van der Waals surface area contributed by atoms with Crippen molar-refractivity contribution in [3.63, 3.8) is 0 Å². The summed E-state index contributed by atoms with van der Waals surface area (Å²) < 4.78 is 5.10. The van der Waals surface area contributed by atoms with Crippen molar-refractivity contribution in [3.05, 3.63) is 54.1 Å². The molecule has 2 N–H and O–H groups in total. The summed E-state index contributed by atoms with van der Waals surface area (Å²) in [5.74, 6) is 0.416. The second-order valence-corrected chi connectivity index (χ2v) is 6.37. The third-order valence-electron chi connectivity index (χ3n) is 4.37. The van der Waals surface area contributed by atoms with E-state index in [4.69, 9.17) is 4.74 Å². The van der Waals surface area contributed by atoms with E-state index < -0.39 is 6.04 Å². The molecule has 27 heavy (non-hydrogen) atoms. The van der Waals surface area contributed by atoms with Gasteiger partial charge in [0.15, 0.2) is 0 Å². The van der Waals surface area contributed by atoms with Crippen LogP contribution in [-0.2, 0) is 9.59 Å². The number of nitrogens with zero attached hydrogens (tertiary/aromatic N) is 1. The molecule has 0 fully saturated rings. The molecule has 2 aromatic carbocycles. The van der Waals surface area contributed by atoms with Gasteiger partial charge < -0.3 is 15.4 Å². The highest BCUT2D eigenvalue weighted by Crippen LogP contribution is 2.15. The summed E-state index contributed by atoms with van der Waals surface area (Å²) in [4.78, 5) is 26.7. The molecule has 0 saturated heterocycles. The zero-order valence-corrected chi connectivity index (χ0v) is 16.3. The molecule has 0 aromatic heterocycles. The molecular formula is C21H27N3O3. The first-order valence-electron chi connectivity index (χ1n) is 8.98. The summed E-state index contributed by atoms with van der Waals surface area (Å²) in [6.45, 7) is 6.43. The van der Waals surface area contributed by atoms with Crippen molar-refractivity contribution in [2.24, 2.45) is 0 Å². The van der Waals surface area contributed by atoms with Gasteiger partial charge in [0.1, 0.15) is 5.75 Å². The fourth-order valence-corrected chi connectivity index (χ4v) is 2.63. The monoisotopic (exact) mass is 369 g/mol. The number of carbonyl (C=O) groups excluding carboxylic acids is 2. The molecule has 0 spiro atoms. The first-order chi connectivity index (χ1) is 12.9. The van der Waals surface area contributed by atoms with Gasteiger partial charge in [-0.3, -0.25) is 14.5 Å². The number of ether oxygens (including phenoxy) is 1. The molecule has 144 valence electrons. The number of methoxy groups -OCH3 is 1. The lowest BCUT2D eigenvalue weighted by molar-refractivity contribution is -0.123. The number of anilines is 2. The van der Waals surface area contributed by atoms with E-state index in [0.29, 0.717) is 12.2 Å². The quantitative estimate of drug-likeness (QED) is 0.749. The van der Waals surface area contributed by atoms with Gasteiger partial charge in [-0.2, -0.15) is 0 Å². The number of amides is 2. The molecule has 0 aliphatic heterocycles. The maximum Gasteiger partial charge on any atom is 0.241 e. The molecular weight excluding hydrogens is 342 g/mol. The van der Waals surface area contributed by atoms with E-state index in [9.17, 15) is 9.59 Å². The van der Waals surface area contributed by atoms with Crippen LogP contribution in [0.2, 0.25) is 0 Å². The lowest BCUT2D eigenvalue weighted by atomic mass is 10.2. The highest BCUT2D eigenvalue weighted by Gasteiger charge is 2.22. The van der Waals surface area contributed by atoms with Crippen LogP contribution in [0.4, 0.5) is 11.4 Å². The van der Waals surface area contributed by atoms with Crippen LogP contribution in [0.15, 0.2) is 48.5 Å². The minimum atomic E-state index is -0.432.